The van der Waals surface area contributed by atoms with Crippen molar-refractivity contribution in [3.63, 3.8) is 0 Å². The molecule has 0 spiro atoms. The molecule has 3 heterocycles. The van der Waals surface area contributed by atoms with Gasteiger partial charge in [-0.15, -0.1) is 0 Å². The van der Waals surface area contributed by atoms with Gasteiger partial charge in [0.1, 0.15) is 0 Å². The lowest BCUT2D eigenvalue weighted by atomic mass is 10.3. The second kappa shape index (κ2) is 5.81. The molecule has 2 saturated heterocycles. The van der Waals surface area contributed by atoms with E-state index in [4.69, 9.17) is 0 Å². The maximum absolute atomic E-state index is 12.6. The highest BCUT2D eigenvalue weighted by molar-refractivity contribution is 7.89. The summed E-state index contributed by atoms with van der Waals surface area (Å²) in [5.41, 5.74) is -0.0817. The lowest BCUT2D eigenvalue weighted by molar-refractivity contribution is -0.384. The number of hydrogen-bond acceptors (Lipinski definition) is 6. The molecule has 0 bridgehead atoms. The van der Waals surface area contributed by atoms with Gasteiger partial charge in [-0.3, -0.25) is 10.1 Å². The highest BCUT2D eigenvalue weighted by Gasteiger charge is 2.39. The van der Waals surface area contributed by atoms with E-state index in [2.05, 4.69) is 4.98 Å². The summed E-state index contributed by atoms with van der Waals surface area (Å²) in [5, 5.41) is 10.6. The Hall–Kier alpha value is -1.74. The molecule has 0 unspecified atom stereocenters. The fraction of sp³-hybridized carbons (Fsp3) is 0.615. The van der Waals surface area contributed by atoms with Crippen LogP contribution in [0.3, 0.4) is 0 Å². The lowest BCUT2D eigenvalue weighted by Gasteiger charge is -2.21. The van der Waals surface area contributed by atoms with Crippen molar-refractivity contribution < 1.29 is 13.3 Å². The van der Waals surface area contributed by atoms with E-state index in [1.807, 2.05) is 0 Å². The average molecular weight is 326 g/mol. The quantitative estimate of drug-likeness (QED) is 0.605. The molecule has 1 aromatic rings. The Bertz CT molecular complexity index is 672. The molecule has 120 valence electrons. The molecule has 2 aliphatic rings. The van der Waals surface area contributed by atoms with Gasteiger partial charge in [-0.25, -0.2) is 17.7 Å². The van der Waals surface area contributed by atoms with Gasteiger partial charge in [-0.05, 0) is 25.3 Å². The molecule has 8 nitrogen and oxygen atoms in total. The first kappa shape index (κ1) is 15.2. The zero-order valence-corrected chi connectivity index (χ0v) is 12.9. The summed E-state index contributed by atoms with van der Waals surface area (Å²) in [6.07, 6.45) is 3.78. The van der Waals surface area contributed by atoms with Crippen molar-refractivity contribution in [3.05, 3.63) is 28.4 Å². The van der Waals surface area contributed by atoms with Crippen LogP contribution in [-0.4, -0.2) is 54.1 Å². The molecule has 22 heavy (non-hydrogen) atoms. The second-order valence-electron chi connectivity index (χ2n) is 5.61. The van der Waals surface area contributed by atoms with Gasteiger partial charge in [-0.1, -0.05) is 0 Å². The number of nitrogens with zero attached hydrogens (tertiary/aromatic N) is 4. The van der Waals surface area contributed by atoms with Crippen molar-refractivity contribution in [2.45, 2.75) is 24.5 Å². The van der Waals surface area contributed by atoms with Gasteiger partial charge in [0.05, 0.1) is 10.2 Å². The van der Waals surface area contributed by atoms with Crippen LogP contribution in [0.1, 0.15) is 19.3 Å². The summed E-state index contributed by atoms with van der Waals surface area (Å²) in [5.74, 6) is 0.256. The molecule has 2 fully saturated rings. The van der Waals surface area contributed by atoms with E-state index in [0.717, 1.165) is 12.8 Å². The molecule has 1 atom stereocenters. The summed E-state index contributed by atoms with van der Waals surface area (Å²) < 4.78 is 26.7. The Morgan fingerprint density at radius 1 is 1.27 bits per heavy atom. The van der Waals surface area contributed by atoms with Crippen LogP contribution in [0.15, 0.2) is 18.3 Å². The largest absolute Gasteiger partial charge is 0.349 e. The van der Waals surface area contributed by atoms with Gasteiger partial charge in [0.15, 0.2) is 0 Å². The fourth-order valence-electron chi connectivity index (χ4n) is 3.09. The normalized spacial score (nSPS) is 23.1. The predicted molar refractivity (Wildman–Crippen MR) is 81.2 cm³/mol. The molecular formula is C13H18N4O4S. The minimum atomic E-state index is -3.32. The van der Waals surface area contributed by atoms with Crippen LogP contribution in [0, 0.1) is 10.1 Å². The van der Waals surface area contributed by atoms with Crippen molar-refractivity contribution in [2.75, 3.05) is 31.1 Å². The number of rotatable bonds is 4. The first-order chi connectivity index (χ1) is 10.5. The zero-order valence-electron chi connectivity index (χ0n) is 12.1. The van der Waals surface area contributed by atoms with Crippen LogP contribution in [0.2, 0.25) is 0 Å². The standard InChI is InChI=1S/C13H18N4O4S/c18-17(19)12-4-3-6-14-13(12)15-9-5-11(10-15)22(20,21)16-7-1-2-8-16/h3-4,6,11H,1-2,5,7-10H2/t11-/m1/s1. The number of anilines is 1. The van der Waals surface area contributed by atoms with Crippen molar-refractivity contribution in [3.8, 4) is 0 Å². The smallest absolute Gasteiger partial charge is 0.311 e. The van der Waals surface area contributed by atoms with Crippen molar-refractivity contribution >= 4 is 21.5 Å². The first-order valence-corrected chi connectivity index (χ1v) is 8.84. The maximum atomic E-state index is 12.6. The Kier molecular flexibility index (Phi) is 4.00. The molecule has 0 aromatic carbocycles. The Morgan fingerprint density at radius 2 is 2.00 bits per heavy atom. The van der Waals surface area contributed by atoms with Crippen LogP contribution < -0.4 is 4.90 Å². The lowest BCUT2D eigenvalue weighted by Crippen LogP contribution is -2.38. The minimum Gasteiger partial charge on any atom is -0.349 e. The van der Waals surface area contributed by atoms with Gasteiger partial charge in [0, 0.05) is 38.4 Å². The topological polar surface area (TPSA) is 96.6 Å². The Balaban J connectivity index is 1.79. The van der Waals surface area contributed by atoms with Crippen molar-refractivity contribution in [1.82, 2.24) is 9.29 Å². The molecule has 0 aliphatic carbocycles. The highest BCUT2D eigenvalue weighted by atomic mass is 32.2. The van der Waals surface area contributed by atoms with Crippen LogP contribution in [-0.2, 0) is 10.0 Å². The van der Waals surface area contributed by atoms with E-state index in [0.29, 0.717) is 26.1 Å². The van der Waals surface area contributed by atoms with E-state index in [1.165, 1.54) is 18.3 Å². The summed E-state index contributed by atoms with van der Waals surface area (Å²) in [6, 6.07) is 2.90. The monoisotopic (exact) mass is 326 g/mol. The number of hydrogen-bond donors (Lipinski definition) is 0. The molecule has 0 radical (unpaired) electrons. The molecule has 0 saturated carbocycles. The number of aromatic nitrogens is 1. The third-order valence-corrected chi connectivity index (χ3v) is 6.57. The number of pyridine rings is 1. The molecule has 9 heteroatoms. The van der Waals surface area contributed by atoms with Gasteiger partial charge >= 0.3 is 5.69 Å². The Morgan fingerprint density at radius 3 is 2.68 bits per heavy atom. The summed E-state index contributed by atoms with van der Waals surface area (Å²) in [4.78, 5) is 16.4. The summed E-state index contributed by atoms with van der Waals surface area (Å²) in [7, 11) is -3.32. The third-order valence-electron chi connectivity index (χ3n) is 4.25. The molecule has 1 aromatic heterocycles. The number of sulfonamides is 1. The van der Waals surface area contributed by atoms with E-state index < -0.39 is 20.2 Å². The SMILES string of the molecule is O=[N+]([O-])c1cccnc1N1CC[C@@H](S(=O)(=O)N2CCCC2)C1. The minimum absolute atomic E-state index is 0.0817. The van der Waals surface area contributed by atoms with Gasteiger partial charge in [0.25, 0.3) is 0 Å². The number of nitro groups is 1. The maximum Gasteiger partial charge on any atom is 0.311 e. The van der Waals surface area contributed by atoms with Crippen molar-refractivity contribution in [1.29, 1.82) is 0 Å². The Labute approximate surface area is 128 Å². The van der Waals surface area contributed by atoms with E-state index in [9.17, 15) is 18.5 Å². The van der Waals surface area contributed by atoms with E-state index in [1.54, 1.807) is 9.21 Å². The van der Waals surface area contributed by atoms with Crippen LogP contribution in [0.5, 0.6) is 0 Å². The third kappa shape index (κ3) is 2.66. The molecule has 0 amide bonds. The van der Waals surface area contributed by atoms with E-state index >= 15 is 0 Å². The highest BCUT2D eigenvalue weighted by Crippen LogP contribution is 2.31. The molecular weight excluding hydrogens is 308 g/mol. The van der Waals surface area contributed by atoms with Crippen LogP contribution >= 0.6 is 0 Å². The first-order valence-electron chi connectivity index (χ1n) is 7.33. The molecule has 3 rings (SSSR count). The van der Waals surface area contributed by atoms with Gasteiger partial charge in [0.2, 0.25) is 15.8 Å². The average Bonchev–Trinajstić information content (AvgIpc) is 3.19. The predicted octanol–water partition coefficient (Wildman–Crippen LogP) is 0.994. The summed E-state index contributed by atoms with van der Waals surface area (Å²) in [6.45, 7) is 1.90. The van der Waals surface area contributed by atoms with E-state index in [-0.39, 0.29) is 18.1 Å². The summed E-state index contributed by atoms with van der Waals surface area (Å²) >= 11 is 0. The molecule has 0 N–H and O–H groups in total. The molecule has 2 aliphatic heterocycles. The van der Waals surface area contributed by atoms with Gasteiger partial charge in [-0.2, -0.15) is 0 Å². The van der Waals surface area contributed by atoms with Crippen molar-refractivity contribution in [2.24, 2.45) is 0 Å². The van der Waals surface area contributed by atoms with Gasteiger partial charge < -0.3 is 4.90 Å². The van der Waals surface area contributed by atoms with Crippen LogP contribution in [0.25, 0.3) is 0 Å². The second-order valence-corrected chi connectivity index (χ2v) is 7.82. The van der Waals surface area contributed by atoms with Crippen LogP contribution in [0.4, 0.5) is 11.5 Å². The fourth-order valence-corrected chi connectivity index (χ4v) is 5.05. The zero-order chi connectivity index (χ0) is 15.7.